The minimum absolute atomic E-state index is 0.0691. The third-order valence-electron chi connectivity index (χ3n) is 3.35. The lowest BCUT2D eigenvalue weighted by Gasteiger charge is -2.21. The topological polar surface area (TPSA) is 29.5 Å². The maximum atomic E-state index is 9.32. The molecule has 0 spiro atoms. The van der Waals surface area contributed by atoms with Crippen LogP contribution in [0.2, 0.25) is 0 Å². The summed E-state index contributed by atoms with van der Waals surface area (Å²) in [5.74, 6) is 0.990. The number of aryl methyl sites for hydroxylation is 2. The Kier molecular flexibility index (Phi) is 2.27. The van der Waals surface area contributed by atoms with Crippen LogP contribution in [0.3, 0.4) is 0 Å². The summed E-state index contributed by atoms with van der Waals surface area (Å²) < 4.78 is 5.89. The molecule has 1 N–H and O–H groups in total. The van der Waals surface area contributed by atoms with E-state index in [2.05, 4.69) is 26.8 Å². The quantitative estimate of drug-likeness (QED) is 0.764. The van der Waals surface area contributed by atoms with Crippen molar-refractivity contribution in [3.05, 3.63) is 28.3 Å². The summed E-state index contributed by atoms with van der Waals surface area (Å²) in [6.07, 6.45) is 0.811. The van der Waals surface area contributed by atoms with Gasteiger partial charge in [-0.15, -0.1) is 0 Å². The first-order valence-electron chi connectivity index (χ1n) is 5.36. The summed E-state index contributed by atoms with van der Waals surface area (Å²) in [4.78, 5) is 0. The number of hydrogen-bond donors (Lipinski definition) is 1. The molecule has 0 radical (unpaired) electrons. The standard InChI is InChI=1S/C13H18O2/c1-8-5-9(2)11-6-13(4,7-14)15-12(11)10(8)3/h5,14H,6-7H2,1-4H3/t13-/m1/s1. The lowest BCUT2D eigenvalue weighted by atomic mass is 9.94. The molecule has 1 aliphatic rings. The van der Waals surface area contributed by atoms with E-state index >= 15 is 0 Å². The molecule has 0 saturated heterocycles. The fourth-order valence-electron chi connectivity index (χ4n) is 2.21. The van der Waals surface area contributed by atoms with E-state index in [9.17, 15) is 5.11 Å². The first-order valence-corrected chi connectivity index (χ1v) is 5.36. The molecular weight excluding hydrogens is 188 g/mol. The summed E-state index contributed by atoms with van der Waals surface area (Å²) in [5.41, 5.74) is 4.56. The normalized spacial score (nSPS) is 23.8. The molecule has 2 heteroatoms. The van der Waals surface area contributed by atoms with Crippen molar-refractivity contribution in [2.75, 3.05) is 6.61 Å². The number of aliphatic hydroxyl groups is 1. The summed E-state index contributed by atoms with van der Waals surface area (Å²) in [6.45, 7) is 8.32. The van der Waals surface area contributed by atoms with Gasteiger partial charge in [0, 0.05) is 12.0 Å². The Balaban J connectivity index is 2.54. The van der Waals surface area contributed by atoms with Crippen LogP contribution >= 0.6 is 0 Å². The third kappa shape index (κ3) is 1.53. The van der Waals surface area contributed by atoms with E-state index in [1.54, 1.807) is 0 Å². The van der Waals surface area contributed by atoms with Gasteiger partial charge in [0.05, 0.1) is 6.61 Å². The Bertz CT molecular complexity index is 409. The number of hydrogen-bond acceptors (Lipinski definition) is 2. The molecule has 0 aliphatic carbocycles. The van der Waals surface area contributed by atoms with Crippen molar-refractivity contribution >= 4 is 0 Å². The first kappa shape index (κ1) is 10.5. The van der Waals surface area contributed by atoms with Gasteiger partial charge < -0.3 is 9.84 Å². The van der Waals surface area contributed by atoms with Crippen molar-refractivity contribution in [1.82, 2.24) is 0 Å². The average Bonchev–Trinajstić information content (AvgIpc) is 2.55. The largest absolute Gasteiger partial charge is 0.484 e. The Morgan fingerprint density at radius 2 is 2.00 bits per heavy atom. The molecule has 1 aromatic rings. The van der Waals surface area contributed by atoms with Gasteiger partial charge >= 0.3 is 0 Å². The van der Waals surface area contributed by atoms with Crippen molar-refractivity contribution in [1.29, 1.82) is 0 Å². The van der Waals surface area contributed by atoms with E-state index < -0.39 is 5.60 Å². The van der Waals surface area contributed by atoms with Crippen LogP contribution in [0.15, 0.2) is 6.07 Å². The van der Waals surface area contributed by atoms with Crippen molar-refractivity contribution in [3.8, 4) is 5.75 Å². The second-order valence-electron chi connectivity index (χ2n) is 4.83. The molecule has 1 heterocycles. The van der Waals surface area contributed by atoms with Gasteiger partial charge in [-0.2, -0.15) is 0 Å². The highest BCUT2D eigenvalue weighted by Crippen LogP contribution is 2.40. The molecule has 0 saturated carbocycles. The third-order valence-corrected chi connectivity index (χ3v) is 3.35. The van der Waals surface area contributed by atoms with E-state index in [0.717, 1.165) is 12.2 Å². The van der Waals surface area contributed by atoms with Crippen molar-refractivity contribution in [2.45, 2.75) is 39.7 Å². The Morgan fingerprint density at radius 1 is 1.33 bits per heavy atom. The summed E-state index contributed by atoms with van der Waals surface area (Å²) in [7, 11) is 0. The molecule has 1 atom stereocenters. The molecule has 0 amide bonds. The zero-order valence-electron chi connectivity index (χ0n) is 9.85. The zero-order valence-corrected chi connectivity index (χ0v) is 9.85. The number of ether oxygens (including phenoxy) is 1. The van der Waals surface area contributed by atoms with E-state index in [0.29, 0.717) is 0 Å². The maximum Gasteiger partial charge on any atom is 0.133 e. The molecule has 0 aromatic heterocycles. The molecule has 0 unspecified atom stereocenters. The first-order chi connectivity index (χ1) is 6.97. The van der Waals surface area contributed by atoms with Gasteiger partial charge in [0.2, 0.25) is 0 Å². The van der Waals surface area contributed by atoms with Crippen LogP contribution in [-0.2, 0) is 6.42 Å². The van der Waals surface area contributed by atoms with E-state index in [-0.39, 0.29) is 6.61 Å². The van der Waals surface area contributed by atoms with E-state index in [1.807, 2.05) is 6.92 Å². The smallest absolute Gasteiger partial charge is 0.133 e. The van der Waals surface area contributed by atoms with Crippen LogP contribution in [0.1, 0.15) is 29.2 Å². The SMILES string of the molecule is Cc1cc(C)c2c(c1C)O[C@@](C)(CO)C2. The summed E-state index contributed by atoms with van der Waals surface area (Å²) in [5, 5.41) is 9.32. The predicted octanol–water partition coefficient (Wildman–Crippen LogP) is 2.30. The number of aliphatic hydroxyl groups excluding tert-OH is 1. The minimum Gasteiger partial charge on any atom is -0.484 e. The van der Waals surface area contributed by atoms with Gasteiger partial charge in [-0.1, -0.05) is 6.07 Å². The van der Waals surface area contributed by atoms with Crippen LogP contribution in [0, 0.1) is 20.8 Å². The number of fused-ring (bicyclic) bond motifs is 1. The summed E-state index contributed by atoms with van der Waals surface area (Å²) in [6, 6.07) is 2.20. The summed E-state index contributed by atoms with van der Waals surface area (Å²) >= 11 is 0. The molecule has 2 rings (SSSR count). The van der Waals surface area contributed by atoms with Gasteiger partial charge in [-0.05, 0) is 44.4 Å². The predicted molar refractivity (Wildman–Crippen MR) is 60.5 cm³/mol. The molecule has 0 bridgehead atoms. The Morgan fingerprint density at radius 3 is 2.60 bits per heavy atom. The molecule has 2 nitrogen and oxygen atoms in total. The van der Waals surface area contributed by atoms with Crippen molar-refractivity contribution < 1.29 is 9.84 Å². The fraction of sp³-hybridized carbons (Fsp3) is 0.538. The van der Waals surface area contributed by atoms with Gasteiger partial charge in [0.1, 0.15) is 11.4 Å². The Labute approximate surface area is 90.9 Å². The molecule has 82 valence electrons. The van der Waals surface area contributed by atoms with E-state index in [1.165, 1.54) is 22.3 Å². The van der Waals surface area contributed by atoms with Crippen LogP contribution in [-0.4, -0.2) is 17.3 Å². The zero-order chi connectivity index (χ0) is 11.2. The van der Waals surface area contributed by atoms with Gasteiger partial charge in [0.15, 0.2) is 0 Å². The minimum atomic E-state index is -0.425. The monoisotopic (exact) mass is 206 g/mol. The van der Waals surface area contributed by atoms with Crippen LogP contribution in [0.4, 0.5) is 0 Å². The van der Waals surface area contributed by atoms with Crippen LogP contribution in [0.5, 0.6) is 5.75 Å². The van der Waals surface area contributed by atoms with Crippen LogP contribution in [0.25, 0.3) is 0 Å². The lowest BCUT2D eigenvalue weighted by molar-refractivity contribution is 0.0442. The van der Waals surface area contributed by atoms with Crippen molar-refractivity contribution in [2.24, 2.45) is 0 Å². The van der Waals surface area contributed by atoms with Gasteiger partial charge in [0.25, 0.3) is 0 Å². The highest BCUT2D eigenvalue weighted by Gasteiger charge is 2.36. The molecule has 1 aromatic carbocycles. The molecule has 15 heavy (non-hydrogen) atoms. The fourth-order valence-corrected chi connectivity index (χ4v) is 2.21. The van der Waals surface area contributed by atoms with Gasteiger partial charge in [-0.25, -0.2) is 0 Å². The molecular formula is C13H18O2. The Hall–Kier alpha value is -1.02. The second-order valence-corrected chi connectivity index (χ2v) is 4.83. The van der Waals surface area contributed by atoms with Gasteiger partial charge in [-0.3, -0.25) is 0 Å². The maximum absolute atomic E-state index is 9.32. The number of rotatable bonds is 1. The highest BCUT2D eigenvalue weighted by molar-refractivity contribution is 5.52. The molecule has 0 fully saturated rings. The highest BCUT2D eigenvalue weighted by atomic mass is 16.5. The van der Waals surface area contributed by atoms with Crippen LogP contribution < -0.4 is 4.74 Å². The average molecular weight is 206 g/mol. The lowest BCUT2D eigenvalue weighted by Crippen LogP contribution is -2.34. The van der Waals surface area contributed by atoms with Crippen molar-refractivity contribution in [3.63, 3.8) is 0 Å². The second kappa shape index (κ2) is 3.24. The number of benzene rings is 1. The molecule has 1 aliphatic heterocycles. The van der Waals surface area contributed by atoms with E-state index in [4.69, 9.17) is 4.74 Å².